The minimum absolute atomic E-state index is 0.162. The third-order valence-electron chi connectivity index (χ3n) is 4.59. The summed E-state index contributed by atoms with van der Waals surface area (Å²) in [5, 5.41) is 7.09. The molecule has 0 bridgehead atoms. The summed E-state index contributed by atoms with van der Waals surface area (Å²) in [5.74, 6) is -0.388. The van der Waals surface area contributed by atoms with Crippen molar-refractivity contribution in [3.63, 3.8) is 0 Å². The van der Waals surface area contributed by atoms with Crippen LogP contribution in [0, 0.1) is 0 Å². The molecule has 1 fully saturated rings. The van der Waals surface area contributed by atoms with E-state index in [1.54, 1.807) is 23.2 Å². The summed E-state index contributed by atoms with van der Waals surface area (Å²) in [5.41, 5.74) is 3.19. The minimum atomic E-state index is -0.323. The lowest BCUT2D eigenvalue weighted by Gasteiger charge is -2.12. The number of benzene rings is 1. The summed E-state index contributed by atoms with van der Waals surface area (Å²) >= 11 is 0.976. The van der Waals surface area contributed by atoms with Gasteiger partial charge in [-0.05, 0) is 30.3 Å². The zero-order valence-corrected chi connectivity index (χ0v) is 17.3. The summed E-state index contributed by atoms with van der Waals surface area (Å²) in [6.07, 6.45) is 8.35. The van der Waals surface area contributed by atoms with Gasteiger partial charge in [0.2, 0.25) is 11.8 Å². The monoisotopic (exact) mass is 433 g/mol. The van der Waals surface area contributed by atoms with Crippen LogP contribution in [0.2, 0.25) is 0 Å². The maximum absolute atomic E-state index is 12.2. The van der Waals surface area contributed by atoms with Crippen molar-refractivity contribution in [2.45, 2.75) is 0 Å². The second-order valence-electron chi connectivity index (χ2n) is 6.68. The van der Waals surface area contributed by atoms with Crippen molar-refractivity contribution in [3.05, 3.63) is 72.7 Å². The molecule has 9 heteroatoms. The highest BCUT2D eigenvalue weighted by Crippen LogP contribution is 2.24. The van der Waals surface area contributed by atoms with Gasteiger partial charge in [-0.25, -0.2) is 4.68 Å². The second-order valence-corrected chi connectivity index (χ2v) is 7.61. The van der Waals surface area contributed by atoms with Gasteiger partial charge in [0.05, 0.1) is 11.4 Å². The molecule has 2 aromatic heterocycles. The van der Waals surface area contributed by atoms with Crippen molar-refractivity contribution < 1.29 is 14.4 Å². The molecule has 1 aliphatic rings. The molecule has 31 heavy (non-hydrogen) atoms. The highest BCUT2D eigenvalue weighted by atomic mass is 32.2. The number of imide groups is 1. The van der Waals surface area contributed by atoms with Crippen LogP contribution < -0.4 is 5.32 Å². The SMILES string of the molecule is O=C(C=Cc1cn(-c2ccccc2)nc1-c1cccnc1)NCCN1C(=O)CSC1=O. The van der Waals surface area contributed by atoms with Crippen LogP contribution in [0.25, 0.3) is 23.0 Å². The molecule has 8 nitrogen and oxygen atoms in total. The van der Waals surface area contributed by atoms with Crippen molar-refractivity contribution >= 4 is 34.9 Å². The molecule has 3 amide bonds. The van der Waals surface area contributed by atoms with Gasteiger partial charge in [0.1, 0.15) is 5.69 Å². The first-order valence-corrected chi connectivity index (χ1v) is 10.6. The molecule has 0 radical (unpaired) electrons. The molecule has 0 saturated carbocycles. The molecule has 3 heterocycles. The zero-order chi connectivity index (χ0) is 21.6. The molecule has 1 aromatic carbocycles. The van der Waals surface area contributed by atoms with Gasteiger partial charge >= 0.3 is 0 Å². The number of carbonyl (C=O) groups is 3. The molecule has 1 aliphatic heterocycles. The first-order valence-electron chi connectivity index (χ1n) is 9.60. The maximum Gasteiger partial charge on any atom is 0.288 e. The Labute approximate surface area is 183 Å². The van der Waals surface area contributed by atoms with Gasteiger partial charge in [-0.3, -0.25) is 24.3 Å². The predicted molar refractivity (Wildman–Crippen MR) is 118 cm³/mol. The number of amides is 3. The number of nitrogens with zero attached hydrogens (tertiary/aromatic N) is 4. The van der Waals surface area contributed by atoms with Gasteiger partial charge in [-0.1, -0.05) is 30.0 Å². The van der Waals surface area contributed by atoms with Crippen LogP contribution >= 0.6 is 11.8 Å². The van der Waals surface area contributed by atoms with E-state index >= 15 is 0 Å². The van der Waals surface area contributed by atoms with Crippen LogP contribution in [0.4, 0.5) is 4.79 Å². The largest absolute Gasteiger partial charge is 0.351 e. The summed E-state index contributed by atoms with van der Waals surface area (Å²) in [7, 11) is 0. The lowest BCUT2D eigenvalue weighted by molar-refractivity contribution is -0.125. The number of rotatable bonds is 7. The van der Waals surface area contributed by atoms with Crippen molar-refractivity contribution in [2.24, 2.45) is 0 Å². The average Bonchev–Trinajstić information content (AvgIpc) is 3.37. The zero-order valence-electron chi connectivity index (χ0n) is 16.5. The molecule has 0 spiro atoms. The Kier molecular flexibility index (Phi) is 6.23. The Morgan fingerprint density at radius 1 is 1.16 bits per heavy atom. The van der Waals surface area contributed by atoms with E-state index in [0.717, 1.165) is 33.5 Å². The lowest BCUT2D eigenvalue weighted by atomic mass is 10.1. The number of aromatic nitrogens is 3. The van der Waals surface area contributed by atoms with Crippen molar-refractivity contribution in [3.8, 4) is 16.9 Å². The number of pyridine rings is 1. The molecule has 0 unspecified atom stereocenters. The highest BCUT2D eigenvalue weighted by Gasteiger charge is 2.29. The number of thioether (sulfide) groups is 1. The molecule has 1 N–H and O–H groups in total. The normalized spacial score (nSPS) is 13.9. The first-order chi connectivity index (χ1) is 15.1. The van der Waals surface area contributed by atoms with E-state index in [-0.39, 0.29) is 35.9 Å². The number of para-hydroxylation sites is 1. The standard InChI is InChI=1S/C22H19N5O3S/c28-19(24-11-12-26-20(29)15-31-22(26)30)9-8-17-14-27(18-6-2-1-3-7-18)25-21(17)16-5-4-10-23-13-16/h1-10,13-14H,11-12,15H2,(H,24,28). The Hall–Kier alpha value is -3.72. The molecule has 156 valence electrons. The number of hydrogen-bond acceptors (Lipinski definition) is 6. The molecule has 1 saturated heterocycles. The van der Waals surface area contributed by atoms with Crippen LogP contribution in [0.5, 0.6) is 0 Å². The molecular weight excluding hydrogens is 414 g/mol. The first kappa shape index (κ1) is 20.5. The van der Waals surface area contributed by atoms with E-state index in [1.165, 1.54) is 6.08 Å². The lowest BCUT2D eigenvalue weighted by Crippen LogP contribution is -2.37. The van der Waals surface area contributed by atoms with Gasteiger partial charge in [0, 0.05) is 48.9 Å². The summed E-state index contributed by atoms with van der Waals surface area (Å²) in [4.78, 5) is 40.7. The Bertz CT molecular complexity index is 1110. The maximum atomic E-state index is 12.2. The van der Waals surface area contributed by atoms with Gasteiger partial charge in [0.15, 0.2) is 0 Å². The third kappa shape index (κ3) is 4.89. The van der Waals surface area contributed by atoms with Crippen molar-refractivity contribution in [1.82, 2.24) is 25.0 Å². The number of hydrogen-bond donors (Lipinski definition) is 1. The minimum Gasteiger partial charge on any atom is -0.351 e. The fourth-order valence-electron chi connectivity index (χ4n) is 3.06. The van der Waals surface area contributed by atoms with E-state index < -0.39 is 0 Å². The van der Waals surface area contributed by atoms with Gasteiger partial charge in [-0.15, -0.1) is 0 Å². The predicted octanol–water partition coefficient (Wildman–Crippen LogP) is 2.76. The molecule has 0 atom stereocenters. The quantitative estimate of drug-likeness (QED) is 0.576. The van der Waals surface area contributed by atoms with Crippen LogP contribution in [0.3, 0.4) is 0 Å². The third-order valence-corrected chi connectivity index (χ3v) is 5.45. The summed E-state index contributed by atoms with van der Waals surface area (Å²) in [6, 6.07) is 13.4. The van der Waals surface area contributed by atoms with Gasteiger partial charge in [0.25, 0.3) is 5.24 Å². The van der Waals surface area contributed by atoms with Crippen molar-refractivity contribution in [1.29, 1.82) is 0 Å². The Morgan fingerprint density at radius 3 is 2.71 bits per heavy atom. The average molecular weight is 433 g/mol. The smallest absolute Gasteiger partial charge is 0.288 e. The molecule has 4 rings (SSSR count). The fraction of sp³-hybridized carbons (Fsp3) is 0.136. The summed E-state index contributed by atoms with van der Waals surface area (Å²) in [6.45, 7) is 0.358. The van der Waals surface area contributed by atoms with E-state index in [9.17, 15) is 14.4 Å². The highest BCUT2D eigenvalue weighted by molar-refractivity contribution is 8.14. The van der Waals surface area contributed by atoms with Crippen LogP contribution in [0.15, 0.2) is 67.1 Å². The van der Waals surface area contributed by atoms with E-state index in [1.807, 2.05) is 48.7 Å². The number of nitrogens with one attached hydrogen (secondary N) is 1. The topological polar surface area (TPSA) is 97.2 Å². The molecular formula is C22H19N5O3S. The van der Waals surface area contributed by atoms with Crippen LogP contribution in [-0.2, 0) is 9.59 Å². The summed E-state index contributed by atoms with van der Waals surface area (Å²) < 4.78 is 1.75. The van der Waals surface area contributed by atoms with Gasteiger partial charge in [-0.2, -0.15) is 5.10 Å². The second kappa shape index (κ2) is 9.40. The van der Waals surface area contributed by atoms with Crippen LogP contribution in [-0.4, -0.2) is 55.6 Å². The fourth-order valence-corrected chi connectivity index (χ4v) is 3.81. The van der Waals surface area contributed by atoms with E-state index in [4.69, 9.17) is 0 Å². The number of carbonyl (C=O) groups excluding carboxylic acids is 3. The van der Waals surface area contributed by atoms with E-state index in [2.05, 4.69) is 15.4 Å². The molecule has 3 aromatic rings. The van der Waals surface area contributed by atoms with Crippen molar-refractivity contribution in [2.75, 3.05) is 18.8 Å². The van der Waals surface area contributed by atoms with Crippen LogP contribution in [0.1, 0.15) is 5.56 Å². The molecule has 0 aliphatic carbocycles. The van der Waals surface area contributed by atoms with E-state index in [0.29, 0.717) is 5.69 Å². The Balaban J connectivity index is 1.48. The Morgan fingerprint density at radius 2 is 2.00 bits per heavy atom. The van der Waals surface area contributed by atoms with Gasteiger partial charge < -0.3 is 5.32 Å².